The number of rotatable bonds is 5. The number of hydrogen-bond acceptors (Lipinski definition) is 5. The summed E-state index contributed by atoms with van der Waals surface area (Å²) in [6.07, 6.45) is 4.69. The third kappa shape index (κ3) is 2.73. The highest BCUT2D eigenvalue weighted by molar-refractivity contribution is 5.71. The van der Waals surface area contributed by atoms with Crippen LogP contribution in [0.4, 0.5) is 5.82 Å². The number of aromatic nitrogens is 3. The highest BCUT2D eigenvalue weighted by Gasteiger charge is 2.21. The molecule has 0 aliphatic heterocycles. The first-order valence-corrected chi connectivity index (χ1v) is 6.21. The zero-order valence-corrected chi connectivity index (χ0v) is 10.7. The Morgan fingerprint density at radius 1 is 1.17 bits per heavy atom. The zero-order chi connectivity index (χ0) is 13.0. The van der Waals surface area contributed by atoms with Crippen LogP contribution in [0.15, 0.2) is 24.5 Å². The van der Waals surface area contributed by atoms with Crippen LogP contribution in [-0.4, -0.2) is 32.2 Å². The van der Waals surface area contributed by atoms with Crippen LogP contribution in [0.1, 0.15) is 26.7 Å². The number of pyridine rings is 1. The van der Waals surface area contributed by atoms with Crippen molar-refractivity contribution in [3.63, 3.8) is 0 Å². The molecule has 0 unspecified atom stereocenters. The molecular formula is C13H18N4O. The van der Waals surface area contributed by atoms with E-state index in [1.54, 1.807) is 12.4 Å². The fraction of sp³-hybridized carbons (Fsp3) is 0.462. The van der Waals surface area contributed by atoms with Gasteiger partial charge in [-0.25, -0.2) is 9.97 Å². The predicted octanol–water partition coefficient (Wildman–Crippen LogP) is 1.99. The standard InChI is InChI=1S/C13H18N4O/c1-3-13(18,4-2)9-16-11-6-5-10-12(17-11)15-8-7-14-10/h5-8,18H,3-4,9H2,1-2H3,(H,15,16,17). The Bertz CT molecular complexity index is 525. The number of fused-ring (bicyclic) bond motifs is 1. The fourth-order valence-electron chi connectivity index (χ4n) is 1.71. The summed E-state index contributed by atoms with van der Waals surface area (Å²) in [6, 6.07) is 3.72. The van der Waals surface area contributed by atoms with Gasteiger partial charge in [0.1, 0.15) is 11.3 Å². The third-order valence-corrected chi connectivity index (χ3v) is 3.25. The van der Waals surface area contributed by atoms with Gasteiger partial charge < -0.3 is 10.4 Å². The molecule has 2 N–H and O–H groups in total. The van der Waals surface area contributed by atoms with Gasteiger partial charge in [-0.3, -0.25) is 4.98 Å². The molecule has 0 radical (unpaired) electrons. The van der Waals surface area contributed by atoms with Gasteiger partial charge in [-0.15, -0.1) is 0 Å². The maximum Gasteiger partial charge on any atom is 0.180 e. The predicted molar refractivity (Wildman–Crippen MR) is 71.4 cm³/mol. The third-order valence-electron chi connectivity index (χ3n) is 3.25. The van der Waals surface area contributed by atoms with Gasteiger partial charge in [-0.05, 0) is 25.0 Å². The quantitative estimate of drug-likeness (QED) is 0.844. The number of anilines is 1. The highest BCUT2D eigenvalue weighted by Crippen LogP contribution is 2.16. The molecule has 0 saturated carbocycles. The minimum atomic E-state index is -0.682. The molecule has 0 spiro atoms. The van der Waals surface area contributed by atoms with Crippen LogP contribution in [0.2, 0.25) is 0 Å². The molecule has 0 saturated heterocycles. The second kappa shape index (κ2) is 5.27. The topological polar surface area (TPSA) is 70.9 Å². The molecule has 2 heterocycles. The fourth-order valence-corrected chi connectivity index (χ4v) is 1.71. The first-order chi connectivity index (χ1) is 8.67. The summed E-state index contributed by atoms with van der Waals surface area (Å²) >= 11 is 0. The van der Waals surface area contributed by atoms with E-state index in [4.69, 9.17) is 0 Å². The van der Waals surface area contributed by atoms with Crippen molar-refractivity contribution in [3.05, 3.63) is 24.5 Å². The molecule has 5 nitrogen and oxygen atoms in total. The van der Waals surface area contributed by atoms with Crippen LogP contribution in [0.25, 0.3) is 11.2 Å². The molecule has 0 bridgehead atoms. The van der Waals surface area contributed by atoms with Crippen LogP contribution in [0, 0.1) is 0 Å². The normalized spacial score (nSPS) is 11.7. The van der Waals surface area contributed by atoms with Crippen LogP contribution in [-0.2, 0) is 0 Å². The summed E-state index contributed by atoms with van der Waals surface area (Å²) in [5, 5.41) is 13.3. The van der Waals surface area contributed by atoms with Gasteiger partial charge >= 0.3 is 0 Å². The van der Waals surface area contributed by atoms with E-state index in [0.717, 1.165) is 5.52 Å². The van der Waals surface area contributed by atoms with E-state index in [2.05, 4.69) is 20.3 Å². The molecule has 2 rings (SSSR count). The van der Waals surface area contributed by atoms with Crippen molar-refractivity contribution in [3.8, 4) is 0 Å². The monoisotopic (exact) mass is 246 g/mol. The van der Waals surface area contributed by atoms with Crippen LogP contribution < -0.4 is 5.32 Å². The Kier molecular flexibility index (Phi) is 3.72. The average Bonchev–Trinajstić information content (AvgIpc) is 2.44. The minimum Gasteiger partial charge on any atom is -0.388 e. The van der Waals surface area contributed by atoms with E-state index >= 15 is 0 Å². The molecule has 2 aromatic heterocycles. The number of aliphatic hydroxyl groups is 1. The second-order valence-electron chi connectivity index (χ2n) is 4.38. The van der Waals surface area contributed by atoms with E-state index in [9.17, 15) is 5.11 Å². The van der Waals surface area contributed by atoms with Crippen LogP contribution in [0.5, 0.6) is 0 Å². The van der Waals surface area contributed by atoms with E-state index in [0.29, 0.717) is 30.9 Å². The summed E-state index contributed by atoms with van der Waals surface area (Å²) in [5.74, 6) is 0.711. The van der Waals surface area contributed by atoms with Crippen molar-refractivity contribution in [2.45, 2.75) is 32.3 Å². The van der Waals surface area contributed by atoms with Crippen LogP contribution in [0.3, 0.4) is 0 Å². The second-order valence-corrected chi connectivity index (χ2v) is 4.38. The summed E-state index contributed by atoms with van der Waals surface area (Å²) in [4.78, 5) is 12.7. The van der Waals surface area contributed by atoms with Gasteiger partial charge in [-0.2, -0.15) is 0 Å². The van der Waals surface area contributed by atoms with Crippen molar-refractivity contribution >= 4 is 17.0 Å². The molecule has 5 heteroatoms. The maximum atomic E-state index is 10.2. The van der Waals surface area contributed by atoms with E-state index in [1.165, 1.54) is 0 Å². The highest BCUT2D eigenvalue weighted by atomic mass is 16.3. The summed E-state index contributed by atoms with van der Waals surface area (Å²) in [6.45, 7) is 4.44. The van der Waals surface area contributed by atoms with Gasteiger partial charge in [0.05, 0.1) is 5.60 Å². The number of nitrogens with zero attached hydrogens (tertiary/aromatic N) is 3. The Balaban J connectivity index is 2.12. The summed E-state index contributed by atoms with van der Waals surface area (Å²) < 4.78 is 0. The summed E-state index contributed by atoms with van der Waals surface area (Å²) in [7, 11) is 0. The molecule has 96 valence electrons. The molecule has 0 fully saturated rings. The van der Waals surface area contributed by atoms with Gasteiger partial charge in [0.15, 0.2) is 5.65 Å². The van der Waals surface area contributed by atoms with E-state index in [1.807, 2.05) is 26.0 Å². The van der Waals surface area contributed by atoms with Crippen molar-refractivity contribution in [2.75, 3.05) is 11.9 Å². The van der Waals surface area contributed by atoms with Crippen molar-refractivity contribution < 1.29 is 5.11 Å². The lowest BCUT2D eigenvalue weighted by atomic mass is 9.98. The van der Waals surface area contributed by atoms with Crippen LogP contribution >= 0.6 is 0 Å². The summed E-state index contributed by atoms with van der Waals surface area (Å²) in [5.41, 5.74) is 0.697. The lowest BCUT2D eigenvalue weighted by Gasteiger charge is -2.25. The van der Waals surface area contributed by atoms with E-state index in [-0.39, 0.29) is 0 Å². The number of nitrogens with one attached hydrogen (secondary N) is 1. The molecular weight excluding hydrogens is 228 g/mol. The lowest BCUT2D eigenvalue weighted by Crippen LogP contribution is -2.35. The largest absolute Gasteiger partial charge is 0.388 e. The molecule has 0 aliphatic carbocycles. The molecule has 2 aromatic rings. The maximum absolute atomic E-state index is 10.2. The minimum absolute atomic E-state index is 0.485. The first kappa shape index (κ1) is 12.7. The molecule has 18 heavy (non-hydrogen) atoms. The Hall–Kier alpha value is -1.75. The van der Waals surface area contributed by atoms with Gasteiger partial charge in [0.25, 0.3) is 0 Å². The van der Waals surface area contributed by atoms with Crippen molar-refractivity contribution in [1.29, 1.82) is 0 Å². The Labute approximate surface area is 106 Å². The van der Waals surface area contributed by atoms with Crippen molar-refractivity contribution in [2.24, 2.45) is 0 Å². The van der Waals surface area contributed by atoms with Gasteiger partial charge in [-0.1, -0.05) is 13.8 Å². The number of hydrogen-bond donors (Lipinski definition) is 2. The van der Waals surface area contributed by atoms with Gasteiger partial charge in [0.2, 0.25) is 0 Å². The molecule has 0 amide bonds. The Morgan fingerprint density at radius 3 is 2.61 bits per heavy atom. The molecule has 0 aromatic carbocycles. The first-order valence-electron chi connectivity index (χ1n) is 6.21. The Morgan fingerprint density at radius 2 is 1.89 bits per heavy atom. The molecule has 0 aliphatic rings. The lowest BCUT2D eigenvalue weighted by molar-refractivity contribution is 0.0456. The van der Waals surface area contributed by atoms with Crippen molar-refractivity contribution in [1.82, 2.24) is 15.0 Å². The molecule has 0 atom stereocenters. The SMILES string of the molecule is CCC(O)(CC)CNc1ccc2nccnc2n1. The smallest absolute Gasteiger partial charge is 0.180 e. The zero-order valence-electron chi connectivity index (χ0n) is 10.7. The van der Waals surface area contributed by atoms with Gasteiger partial charge in [0, 0.05) is 18.9 Å². The van der Waals surface area contributed by atoms with E-state index < -0.39 is 5.60 Å². The average molecular weight is 246 g/mol.